The number of hydrogen-bond donors (Lipinski definition) is 1. The summed E-state index contributed by atoms with van der Waals surface area (Å²) < 4.78 is 5.59. The molecule has 1 N–H and O–H groups in total. The van der Waals surface area contributed by atoms with E-state index in [0.29, 0.717) is 0 Å². The molecule has 116 valence electrons. The van der Waals surface area contributed by atoms with Crippen molar-refractivity contribution in [3.63, 3.8) is 0 Å². The first-order valence-electron chi connectivity index (χ1n) is 7.70. The van der Waals surface area contributed by atoms with Crippen molar-refractivity contribution in [1.82, 2.24) is 0 Å². The van der Waals surface area contributed by atoms with Gasteiger partial charge in [0.25, 0.3) is 0 Å². The molecule has 1 saturated carbocycles. The van der Waals surface area contributed by atoms with Crippen molar-refractivity contribution in [3.8, 4) is 0 Å². The number of hydrogen-bond acceptors (Lipinski definition) is 4. The Hall–Kier alpha value is -1.00. The van der Waals surface area contributed by atoms with Crippen molar-refractivity contribution in [2.75, 3.05) is 0 Å². The van der Waals surface area contributed by atoms with Crippen molar-refractivity contribution >= 4 is 17.7 Å². The van der Waals surface area contributed by atoms with Crippen molar-refractivity contribution in [2.45, 2.75) is 62.7 Å². The van der Waals surface area contributed by atoms with Crippen LogP contribution in [0.5, 0.6) is 0 Å². The molecule has 1 aliphatic carbocycles. The SMILES string of the molecule is CC(SCc1cccc(CO)c1)C(=O)OC1CCCCC1. The van der Waals surface area contributed by atoms with E-state index in [9.17, 15) is 4.79 Å². The molecule has 0 saturated heterocycles. The van der Waals surface area contributed by atoms with Gasteiger partial charge in [-0.15, -0.1) is 11.8 Å². The Kier molecular flexibility index (Phi) is 6.58. The molecule has 1 aromatic carbocycles. The number of rotatable bonds is 6. The van der Waals surface area contributed by atoms with E-state index in [1.54, 1.807) is 11.8 Å². The molecule has 3 nitrogen and oxygen atoms in total. The lowest BCUT2D eigenvalue weighted by atomic mass is 9.98. The topological polar surface area (TPSA) is 46.5 Å². The highest BCUT2D eigenvalue weighted by Crippen LogP contribution is 2.24. The monoisotopic (exact) mass is 308 g/mol. The van der Waals surface area contributed by atoms with Gasteiger partial charge in [0.15, 0.2) is 0 Å². The van der Waals surface area contributed by atoms with Crippen molar-refractivity contribution in [3.05, 3.63) is 35.4 Å². The molecular formula is C17H24O3S. The van der Waals surface area contributed by atoms with Crippen LogP contribution in [0, 0.1) is 0 Å². The Morgan fingerprint density at radius 1 is 1.33 bits per heavy atom. The van der Waals surface area contributed by atoms with Crippen molar-refractivity contribution in [1.29, 1.82) is 0 Å². The zero-order chi connectivity index (χ0) is 15.1. The molecule has 1 aliphatic rings. The maximum atomic E-state index is 12.1. The smallest absolute Gasteiger partial charge is 0.319 e. The Morgan fingerprint density at radius 2 is 2.05 bits per heavy atom. The molecule has 0 bridgehead atoms. The average molecular weight is 308 g/mol. The quantitative estimate of drug-likeness (QED) is 0.814. The summed E-state index contributed by atoms with van der Waals surface area (Å²) in [5.41, 5.74) is 2.04. The van der Waals surface area contributed by atoms with E-state index in [1.807, 2.05) is 31.2 Å². The van der Waals surface area contributed by atoms with Crippen molar-refractivity contribution in [2.24, 2.45) is 0 Å². The number of benzene rings is 1. The maximum absolute atomic E-state index is 12.1. The maximum Gasteiger partial charge on any atom is 0.319 e. The third-order valence-electron chi connectivity index (χ3n) is 3.84. The van der Waals surface area contributed by atoms with E-state index >= 15 is 0 Å². The van der Waals surface area contributed by atoms with Gasteiger partial charge in [-0.25, -0.2) is 0 Å². The Morgan fingerprint density at radius 3 is 2.76 bits per heavy atom. The fourth-order valence-electron chi connectivity index (χ4n) is 2.55. The average Bonchev–Trinajstić information content (AvgIpc) is 2.53. The molecular weight excluding hydrogens is 284 g/mol. The molecule has 1 aromatic rings. The predicted octanol–water partition coefficient (Wildman–Crippen LogP) is 3.68. The lowest BCUT2D eigenvalue weighted by Gasteiger charge is -2.23. The standard InChI is InChI=1S/C17H24O3S/c1-13(17(19)20-16-8-3-2-4-9-16)21-12-15-7-5-6-14(10-15)11-18/h5-7,10,13,16,18H,2-4,8-9,11-12H2,1H3. The van der Waals surface area contributed by atoms with Crippen LogP contribution in [0.1, 0.15) is 50.2 Å². The number of aliphatic hydroxyl groups is 1. The third kappa shape index (κ3) is 5.36. The van der Waals surface area contributed by atoms with E-state index in [4.69, 9.17) is 9.84 Å². The summed E-state index contributed by atoms with van der Waals surface area (Å²) in [5, 5.41) is 8.98. The highest BCUT2D eigenvalue weighted by Gasteiger charge is 2.21. The van der Waals surface area contributed by atoms with Crippen LogP contribution in [-0.2, 0) is 21.9 Å². The predicted molar refractivity (Wildman–Crippen MR) is 86.1 cm³/mol. The molecule has 1 unspecified atom stereocenters. The summed E-state index contributed by atoms with van der Waals surface area (Å²) in [4.78, 5) is 12.1. The Labute approximate surface area is 131 Å². The number of esters is 1. The van der Waals surface area contributed by atoms with Gasteiger partial charge in [-0.05, 0) is 43.7 Å². The molecule has 0 spiro atoms. The van der Waals surface area contributed by atoms with Gasteiger partial charge in [-0.3, -0.25) is 4.79 Å². The van der Waals surface area contributed by atoms with Gasteiger partial charge >= 0.3 is 5.97 Å². The number of carbonyl (C=O) groups excluding carboxylic acids is 1. The fourth-order valence-corrected chi connectivity index (χ4v) is 3.36. The molecule has 0 aliphatic heterocycles. The van der Waals surface area contributed by atoms with Crippen molar-refractivity contribution < 1.29 is 14.6 Å². The fraction of sp³-hybridized carbons (Fsp3) is 0.588. The second-order valence-electron chi connectivity index (χ2n) is 5.63. The number of ether oxygens (including phenoxy) is 1. The summed E-state index contributed by atoms with van der Waals surface area (Å²) >= 11 is 1.59. The third-order valence-corrected chi connectivity index (χ3v) is 5.03. The molecule has 2 rings (SSSR count). The minimum absolute atomic E-state index is 0.0534. The van der Waals surface area contributed by atoms with Gasteiger partial charge in [0.2, 0.25) is 0 Å². The first-order chi connectivity index (χ1) is 10.2. The van der Waals surface area contributed by atoms with E-state index < -0.39 is 0 Å². The Bertz CT molecular complexity index is 455. The van der Waals surface area contributed by atoms with Gasteiger partial charge in [-0.1, -0.05) is 30.7 Å². The lowest BCUT2D eigenvalue weighted by molar-refractivity contribution is -0.149. The normalized spacial score (nSPS) is 17.4. The van der Waals surface area contributed by atoms with Crippen LogP contribution < -0.4 is 0 Å². The Balaban J connectivity index is 1.77. The molecule has 0 heterocycles. The zero-order valence-electron chi connectivity index (χ0n) is 12.6. The first kappa shape index (κ1) is 16.4. The summed E-state index contributed by atoms with van der Waals surface area (Å²) in [7, 11) is 0. The second kappa shape index (κ2) is 8.44. The van der Waals surface area contributed by atoms with Gasteiger partial charge in [0.1, 0.15) is 6.10 Å². The van der Waals surface area contributed by atoms with Gasteiger partial charge in [0.05, 0.1) is 11.9 Å². The second-order valence-corrected chi connectivity index (χ2v) is 6.96. The van der Waals surface area contributed by atoms with Crippen LogP contribution in [0.2, 0.25) is 0 Å². The van der Waals surface area contributed by atoms with Crippen LogP contribution in [-0.4, -0.2) is 22.4 Å². The van der Waals surface area contributed by atoms with Crippen LogP contribution in [0.25, 0.3) is 0 Å². The van der Waals surface area contributed by atoms with Crippen LogP contribution in [0.15, 0.2) is 24.3 Å². The summed E-state index contributed by atoms with van der Waals surface area (Å²) in [6.45, 7) is 1.96. The molecule has 4 heteroatoms. The molecule has 1 fully saturated rings. The minimum atomic E-state index is -0.148. The molecule has 0 aromatic heterocycles. The van der Waals surface area contributed by atoms with E-state index in [2.05, 4.69) is 0 Å². The van der Waals surface area contributed by atoms with Crippen LogP contribution in [0.3, 0.4) is 0 Å². The number of aliphatic hydroxyl groups excluding tert-OH is 1. The molecule has 21 heavy (non-hydrogen) atoms. The van der Waals surface area contributed by atoms with Gasteiger partial charge in [0, 0.05) is 5.75 Å². The molecule has 1 atom stereocenters. The highest BCUT2D eigenvalue weighted by atomic mass is 32.2. The van der Waals surface area contributed by atoms with E-state index in [-0.39, 0.29) is 23.9 Å². The zero-order valence-corrected chi connectivity index (χ0v) is 13.4. The summed E-state index contributed by atoms with van der Waals surface area (Å²) in [6.07, 6.45) is 5.77. The highest BCUT2D eigenvalue weighted by molar-refractivity contribution is 7.99. The van der Waals surface area contributed by atoms with E-state index in [1.165, 1.54) is 19.3 Å². The summed E-state index contributed by atoms with van der Waals surface area (Å²) in [5.74, 6) is 0.666. The number of thioether (sulfide) groups is 1. The first-order valence-corrected chi connectivity index (χ1v) is 8.74. The minimum Gasteiger partial charge on any atom is -0.462 e. The van der Waals surface area contributed by atoms with E-state index in [0.717, 1.165) is 29.7 Å². The molecule has 0 amide bonds. The molecule has 0 radical (unpaired) electrons. The van der Waals surface area contributed by atoms with Crippen LogP contribution >= 0.6 is 11.8 Å². The van der Waals surface area contributed by atoms with Crippen LogP contribution in [0.4, 0.5) is 0 Å². The number of carbonyl (C=O) groups is 1. The lowest BCUT2D eigenvalue weighted by Crippen LogP contribution is -2.26. The largest absolute Gasteiger partial charge is 0.462 e. The van der Waals surface area contributed by atoms with Gasteiger partial charge in [-0.2, -0.15) is 0 Å². The summed E-state index contributed by atoms with van der Waals surface area (Å²) in [6, 6.07) is 7.83. The van der Waals surface area contributed by atoms with Gasteiger partial charge < -0.3 is 9.84 Å².